The summed E-state index contributed by atoms with van der Waals surface area (Å²) in [7, 11) is 2.27. The quantitative estimate of drug-likeness (QED) is 0.682. The SMILES string of the molecule is CC(C)CC(C)N(C)CCCC(CCN)C(C)(C)C. The summed E-state index contributed by atoms with van der Waals surface area (Å²) in [5, 5.41) is 0. The first-order valence-corrected chi connectivity index (χ1v) is 8.08. The predicted octanol–water partition coefficient (Wildman–Crippen LogP) is 4.14. The van der Waals surface area contributed by atoms with Crippen LogP contribution in [0, 0.1) is 17.3 Å². The third-order valence-electron chi connectivity index (χ3n) is 4.37. The van der Waals surface area contributed by atoms with Gasteiger partial charge in [0.15, 0.2) is 0 Å². The van der Waals surface area contributed by atoms with E-state index in [1.807, 2.05) is 0 Å². The fourth-order valence-corrected chi connectivity index (χ4v) is 2.88. The molecule has 0 saturated carbocycles. The predicted molar refractivity (Wildman–Crippen MR) is 87.4 cm³/mol. The first-order valence-electron chi connectivity index (χ1n) is 8.08. The van der Waals surface area contributed by atoms with Crippen LogP contribution in [0.15, 0.2) is 0 Å². The number of nitrogens with zero attached hydrogens (tertiary/aromatic N) is 1. The molecule has 0 saturated heterocycles. The smallest absolute Gasteiger partial charge is 0.00663 e. The summed E-state index contributed by atoms with van der Waals surface area (Å²) in [6, 6.07) is 0.697. The highest BCUT2D eigenvalue weighted by Gasteiger charge is 2.23. The third-order valence-corrected chi connectivity index (χ3v) is 4.37. The topological polar surface area (TPSA) is 29.3 Å². The highest BCUT2D eigenvalue weighted by Crippen LogP contribution is 2.32. The molecule has 0 aromatic carbocycles. The largest absolute Gasteiger partial charge is 0.330 e. The lowest BCUT2D eigenvalue weighted by Gasteiger charge is -2.32. The van der Waals surface area contributed by atoms with E-state index < -0.39 is 0 Å². The van der Waals surface area contributed by atoms with Gasteiger partial charge in [-0.1, -0.05) is 34.6 Å². The molecule has 2 nitrogen and oxygen atoms in total. The summed E-state index contributed by atoms with van der Waals surface area (Å²) in [6.07, 6.45) is 5.05. The minimum absolute atomic E-state index is 0.390. The van der Waals surface area contributed by atoms with Crippen molar-refractivity contribution in [2.75, 3.05) is 20.1 Å². The van der Waals surface area contributed by atoms with Gasteiger partial charge in [0.2, 0.25) is 0 Å². The highest BCUT2D eigenvalue weighted by atomic mass is 15.1. The van der Waals surface area contributed by atoms with Gasteiger partial charge in [-0.05, 0) is 70.0 Å². The van der Waals surface area contributed by atoms with E-state index in [9.17, 15) is 0 Å². The van der Waals surface area contributed by atoms with E-state index in [4.69, 9.17) is 5.73 Å². The van der Waals surface area contributed by atoms with Crippen LogP contribution in [-0.2, 0) is 0 Å². The molecule has 0 fully saturated rings. The standard InChI is InChI=1S/C17H38N2/c1-14(2)13-15(3)19(7)12-8-9-16(10-11-18)17(4,5)6/h14-16H,8-13,18H2,1-7H3. The Morgan fingerprint density at radius 3 is 2.05 bits per heavy atom. The molecule has 0 radical (unpaired) electrons. The average molecular weight is 271 g/mol. The molecule has 0 bridgehead atoms. The van der Waals surface area contributed by atoms with Gasteiger partial charge in [-0.3, -0.25) is 0 Å². The van der Waals surface area contributed by atoms with Gasteiger partial charge in [0, 0.05) is 6.04 Å². The van der Waals surface area contributed by atoms with Gasteiger partial charge in [0.25, 0.3) is 0 Å². The molecule has 2 unspecified atom stereocenters. The van der Waals surface area contributed by atoms with Crippen LogP contribution in [0.3, 0.4) is 0 Å². The maximum Gasteiger partial charge on any atom is 0.00663 e. The lowest BCUT2D eigenvalue weighted by Crippen LogP contribution is -2.32. The van der Waals surface area contributed by atoms with Crippen LogP contribution in [0.25, 0.3) is 0 Å². The van der Waals surface area contributed by atoms with E-state index in [2.05, 4.69) is 53.5 Å². The van der Waals surface area contributed by atoms with Crippen LogP contribution in [0.1, 0.15) is 67.2 Å². The summed E-state index contributed by atoms with van der Waals surface area (Å²) >= 11 is 0. The van der Waals surface area contributed by atoms with Crippen molar-refractivity contribution in [3.8, 4) is 0 Å². The molecule has 0 rings (SSSR count). The van der Waals surface area contributed by atoms with Crippen molar-refractivity contribution in [3.63, 3.8) is 0 Å². The molecule has 2 heteroatoms. The van der Waals surface area contributed by atoms with Crippen molar-refractivity contribution in [1.82, 2.24) is 4.90 Å². The Hall–Kier alpha value is -0.0800. The zero-order valence-electron chi connectivity index (χ0n) is 14.5. The molecule has 0 spiro atoms. The maximum atomic E-state index is 5.75. The molecule has 0 amide bonds. The maximum absolute atomic E-state index is 5.75. The van der Waals surface area contributed by atoms with Crippen molar-refractivity contribution >= 4 is 0 Å². The first kappa shape index (κ1) is 18.9. The van der Waals surface area contributed by atoms with E-state index in [0.29, 0.717) is 11.5 Å². The molecule has 0 aromatic heterocycles. The summed E-state index contributed by atoms with van der Waals surface area (Å²) < 4.78 is 0. The van der Waals surface area contributed by atoms with Crippen LogP contribution in [0.4, 0.5) is 0 Å². The van der Waals surface area contributed by atoms with E-state index in [0.717, 1.165) is 24.8 Å². The van der Waals surface area contributed by atoms with E-state index in [1.165, 1.54) is 25.8 Å². The van der Waals surface area contributed by atoms with Crippen molar-refractivity contribution in [2.45, 2.75) is 73.3 Å². The molecule has 0 aliphatic heterocycles. The number of hydrogen-bond donors (Lipinski definition) is 1. The summed E-state index contributed by atoms with van der Waals surface area (Å²) in [4.78, 5) is 2.52. The molecule has 0 aliphatic carbocycles. The molecule has 19 heavy (non-hydrogen) atoms. The Balaban J connectivity index is 4.05. The van der Waals surface area contributed by atoms with E-state index >= 15 is 0 Å². The van der Waals surface area contributed by atoms with Crippen molar-refractivity contribution in [3.05, 3.63) is 0 Å². The van der Waals surface area contributed by atoms with Gasteiger partial charge in [0.1, 0.15) is 0 Å². The summed E-state index contributed by atoms with van der Waals surface area (Å²) in [5.41, 5.74) is 6.14. The Labute approximate surface area is 122 Å². The van der Waals surface area contributed by atoms with Gasteiger partial charge in [0.05, 0.1) is 0 Å². The van der Waals surface area contributed by atoms with E-state index in [1.54, 1.807) is 0 Å². The molecule has 116 valence electrons. The molecule has 2 N–H and O–H groups in total. The van der Waals surface area contributed by atoms with Crippen LogP contribution >= 0.6 is 0 Å². The Morgan fingerprint density at radius 1 is 1.05 bits per heavy atom. The lowest BCUT2D eigenvalue weighted by atomic mass is 9.76. The molecule has 2 atom stereocenters. The van der Waals surface area contributed by atoms with Crippen molar-refractivity contribution < 1.29 is 0 Å². The normalized spacial score (nSPS) is 16.1. The zero-order valence-corrected chi connectivity index (χ0v) is 14.5. The second-order valence-corrected chi connectivity index (χ2v) is 7.74. The van der Waals surface area contributed by atoms with Gasteiger partial charge < -0.3 is 10.6 Å². The Morgan fingerprint density at radius 2 is 1.63 bits per heavy atom. The van der Waals surface area contributed by atoms with Crippen molar-refractivity contribution in [2.24, 2.45) is 23.0 Å². The van der Waals surface area contributed by atoms with E-state index in [-0.39, 0.29) is 0 Å². The van der Waals surface area contributed by atoms with Gasteiger partial charge in [-0.2, -0.15) is 0 Å². The minimum atomic E-state index is 0.390. The fourth-order valence-electron chi connectivity index (χ4n) is 2.88. The Kier molecular flexibility index (Phi) is 8.93. The van der Waals surface area contributed by atoms with Crippen molar-refractivity contribution in [1.29, 1.82) is 0 Å². The zero-order chi connectivity index (χ0) is 15.1. The number of hydrogen-bond acceptors (Lipinski definition) is 2. The molecular formula is C17H38N2. The number of nitrogens with two attached hydrogens (primary N) is 1. The fraction of sp³-hybridized carbons (Fsp3) is 1.00. The highest BCUT2D eigenvalue weighted by molar-refractivity contribution is 4.75. The second-order valence-electron chi connectivity index (χ2n) is 7.74. The van der Waals surface area contributed by atoms with Crippen LogP contribution < -0.4 is 5.73 Å². The molecular weight excluding hydrogens is 232 g/mol. The van der Waals surface area contributed by atoms with Crippen LogP contribution in [0.2, 0.25) is 0 Å². The lowest BCUT2D eigenvalue weighted by molar-refractivity contribution is 0.183. The van der Waals surface area contributed by atoms with Gasteiger partial charge in [-0.15, -0.1) is 0 Å². The Bertz CT molecular complexity index is 218. The third kappa shape index (κ3) is 8.65. The van der Waals surface area contributed by atoms with Gasteiger partial charge >= 0.3 is 0 Å². The minimum Gasteiger partial charge on any atom is -0.330 e. The molecule has 0 aliphatic rings. The average Bonchev–Trinajstić information content (AvgIpc) is 2.25. The monoisotopic (exact) mass is 270 g/mol. The second kappa shape index (κ2) is 8.97. The van der Waals surface area contributed by atoms with Gasteiger partial charge in [-0.25, -0.2) is 0 Å². The summed E-state index contributed by atoms with van der Waals surface area (Å²) in [5.74, 6) is 1.54. The summed E-state index contributed by atoms with van der Waals surface area (Å²) in [6.45, 7) is 16.0. The molecule has 0 heterocycles. The van der Waals surface area contributed by atoms with Crippen LogP contribution in [0.5, 0.6) is 0 Å². The first-order chi connectivity index (χ1) is 8.68. The number of rotatable bonds is 9. The van der Waals surface area contributed by atoms with Crippen LogP contribution in [-0.4, -0.2) is 31.1 Å². The molecule has 0 aromatic rings.